The van der Waals surface area contributed by atoms with Crippen molar-refractivity contribution in [2.75, 3.05) is 11.4 Å². The molecule has 0 atom stereocenters. The van der Waals surface area contributed by atoms with E-state index < -0.39 is 0 Å². The first-order chi connectivity index (χ1) is 12.7. The van der Waals surface area contributed by atoms with Gasteiger partial charge in [-0.05, 0) is 116 Å². The molecule has 1 aliphatic rings. The van der Waals surface area contributed by atoms with Crippen LogP contribution >= 0.6 is 22.6 Å². The number of aryl methyl sites for hydroxylation is 2. The molecule has 3 rings (SSSR count). The lowest BCUT2D eigenvalue weighted by Gasteiger charge is -2.43. The van der Waals surface area contributed by atoms with Crippen LogP contribution in [0.5, 0.6) is 0 Å². The van der Waals surface area contributed by atoms with Gasteiger partial charge < -0.3 is 4.90 Å². The molecule has 0 saturated heterocycles. The Balaban J connectivity index is 2.02. The second-order valence-corrected chi connectivity index (χ2v) is 9.21. The van der Waals surface area contributed by atoms with Gasteiger partial charge in [-0.1, -0.05) is 13.0 Å². The lowest BCUT2D eigenvalue weighted by Crippen LogP contribution is -2.45. The van der Waals surface area contributed by atoms with E-state index in [4.69, 9.17) is 4.99 Å². The molecule has 0 radical (unpaired) electrons. The van der Waals surface area contributed by atoms with Crippen LogP contribution in [0, 0.1) is 17.4 Å². The lowest BCUT2D eigenvalue weighted by molar-refractivity contribution is 0.550. The number of allylic oxidation sites excluding steroid dienone is 1. The molecule has 0 amide bonds. The van der Waals surface area contributed by atoms with E-state index in [1.54, 1.807) is 0 Å². The summed E-state index contributed by atoms with van der Waals surface area (Å²) in [4.78, 5) is 7.27. The number of halogens is 1. The van der Waals surface area contributed by atoms with Gasteiger partial charge in [0.15, 0.2) is 0 Å². The van der Waals surface area contributed by atoms with Crippen LogP contribution in [0.4, 0.5) is 11.4 Å². The molecule has 1 aliphatic heterocycles. The maximum Gasteiger partial charge on any atom is 0.0633 e. The van der Waals surface area contributed by atoms with Gasteiger partial charge in [0.25, 0.3) is 0 Å². The molecule has 2 aromatic carbocycles. The quantitative estimate of drug-likeness (QED) is 0.343. The highest BCUT2D eigenvalue weighted by Crippen LogP contribution is 2.40. The highest BCUT2D eigenvalue weighted by atomic mass is 127. The van der Waals surface area contributed by atoms with Gasteiger partial charge in [0, 0.05) is 27.6 Å². The molecule has 0 bridgehead atoms. The summed E-state index contributed by atoms with van der Waals surface area (Å²) in [6, 6.07) is 11.0. The summed E-state index contributed by atoms with van der Waals surface area (Å²) in [5, 5.41) is 0. The normalized spacial score (nSPS) is 15.8. The molecule has 2 nitrogen and oxygen atoms in total. The first kappa shape index (κ1) is 20.1. The molecule has 3 heteroatoms. The summed E-state index contributed by atoms with van der Waals surface area (Å²) >= 11 is 2.36. The Bertz CT molecular complexity index is 922. The Morgan fingerprint density at radius 2 is 1.81 bits per heavy atom. The average molecular weight is 472 g/mol. The molecule has 27 heavy (non-hydrogen) atoms. The van der Waals surface area contributed by atoms with Crippen molar-refractivity contribution in [3.8, 4) is 0 Å². The Morgan fingerprint density at radius 3 is 2.48 bits per heavy atom. The van der Waals surface area contributed by atoms with E-state index >= 15 is 0 Å². The van der Waals surface area contributed by atoms with Crippen molar-refractivity contribution in [1.29, 1.82) is 0 Å². The van der Waals surface area contributed by atoms with E-state index in [0.717, 1.165) is 18.7 Å². The van der Waals surface area contributed by atoms with Gasteiger partial charge in [-0.15, -0.1) is 0 Å². The number of aliphatic imine (C=N–C) groups is 1. The fraction of sp³-hybridized carbons (Fsp3) is 0.375. The smallest absolute Gasteiger partial charge is 0.0633 e. The van der Waals surface area contributed by atoms with Gasteiger partial charge in [-0.2, -0.15) is 0 Å². The average Bonchev–Trinajstić information content (AvgIpc) is 2.59. The van der Waals surface area contributed by atoms with Crippen molar-refractivity contribution in [3.05, 3.63) is 62.2 Å². The third kappa shape index (κ3) is 4.13. The summed E-state index contributed by atoms with van der Waals surface area (Å²) in [5.41, 5.74) is 8.81. The van der Waals surface area contributed by atoms with E-state index in [2.05, 4.69) is 105 Å². The zero-order valence-electron chi connectivity index (χ0n) is 17.2. The van der Waals surface area contributed by atoms with Crippen LogP contribution in [0.15, 0.2) is 41.4 Å². The van der Waals surface area contributed by atoms with Gasteiger partial charge in [-0.25, -0.2) is 0 Å². The molecule has 0 fully saturated rings. The molecule has 1 heterocycles. The van der Waals surface area contributed by atoms with Crippen molar-refractivity contribution in [2.24, 2.45) is 4.99 Å². The third-order valence-corrected chi connectivity index (χ3v) is 6.52. The molecule has 0 unspecified atom stereocenters. The molecule has 142 valence electrons. The van der Waals surface area contributed by atoms with Gasteiger partial charge in [0.05, 0.1) is 11.2 Å². The summed E-state index contributed by atoms with van der Waals surface area (Å²) in [5.74, 6) is 0. The van der Waals surface area contributed by atoms with Gasteiger partial charge in [-0.3, -0.25) is 4.99 Å². The van der Waals surface area contributed by atoms with E-state index in [-0.39, 0.29) is 5.54 Å². The Labute approximate surface area is 177 Å². The fourth-order valence-corrected chi connectivity index (χ4v) is 4.20. The second kappa shape index (κ2) is 7.78. The maximum absolute atomic E-state index is 4.74. The molecule has 0 saturated carbocycles. The number of nitrogens with zero attached hydrogens (tertiary/aromatic N) is 2. The van der Waals surface area contributed by atoms with Crippen LogP contribution in [-0.2, 0) is 0 Å². The minimum absolute atomic E-state index is 0.0495. The molecule has 0 N–H and O–H groups in total. The molecule has 0 aromatic heterocycles. The molecule has 0 spiro atoms. The summed E-state index contributed by atoms with van der Waals surface area (Å²) in [7, 11) is 0. The zero-order chi connectivity index (χ0) is 19.8. The first-order valence-electron chi connectivity index (χ1n) is 9.65. The zero-order valence-corrected chi connectivity index (χ0v) is 19.4. The Kier molecular flexibility index (Phi) is 5.80. The van der Waals surface area contributed by atoms with Gasteiger partial charge in [0.2, 0.25) is 0 Å². The lowest BCUT2D eigenvalue weighted by atomic mass is 9.87. The monoisotopic (exact) mass is 472 g/mol. The molecular weight excluding hydrogens is 443 g/mol. The maximum atomic E-state index is 4.74. The Hall–Kier alpha value is -1.62. The first-order valence-corrected chi connectivity index (χ1v) is 10.7. The van der Waals surface area contributed by atoms with Gasteiger partial charge >= 0.3 is 0 Å². The predicted octanol–water partition coefficient (Wildman–Crippen LogP) is 7.07. The largest absolute Gasteiger partial charge is 0.362 e. The summed E-state index contributed by atoms with van der Waals surface area (Å²) in [6.45, 7) is 14.5. The molecule has 0 aliphatic carbocycles. The SMILES string of the molecule is CCCN1c2cc(C)c(C=Nc3ccc(I)c(C)c3)cc2C(C)=CC1(C)C. The number of anilines is 1. The summed E-state index contributed by atoms with van der Waals surface area (Å²) < 4.78 is 1.27. The molecule has 2 aromatic rings. The van der Waals surface area contributed by atoms with E-state index in [9.17, 15) is 0 Å². The number of benzene rings is 2. The van der Waals surface area contributed by atoms with Crippen LogP contribution in [0.2, 0.25) is 0 Å². The number of fused-ring (bicyclic) bond motifs is 1. The van der Waals surface area contributed by atoms with E-state index in [1.165, 1.54) is 37.1 Å². The minimum Gasteiger partial charge on any atom is -0.362 e. The topological polar surface area (TPSA) is 15.6 Å². The van der Waals surface area contributed by atoms with Crippen LogP contribution in [0.25, 0.3) is 5.57 Å². The number of hydrogen-bond donors (Lipinski definition) is 0. The van der Waals surface area contributed by atoms with E-state index in [0.29, 0.717) is 0 Å². The number of hydrogen-bond acceptors (Lipinski definition) is 2. The van der Waals surface area contributed by atoms with Gasteiger partial charge in [0.1, 0.15) is 0 Å². The standard InChI is InChI=1S/C24H29IN2/c1-7-10-27-23-12-16(2)19(13-21(23)18(4)14-24(27,5)6)15-26-20-8-9-22(25)17(3)11-20/h8-9,11-15H,7,10H2,1-6H3. The van der Waals surface area contributed by atoms with E-state index in [1.807, 2.05) is 6.21 Å². The van der Waals surface area contributed by atoms with Crippen molar-refractivity contribution >= 4 is 45.8 Å². The van der Waals surface area contributed by atoms with Crippen molar-refractivity contribution in [1.82, 2.24) is 0 Å². The van der Waals surface area contributed by atoms with Crippen LogP contribution < -0.4 is 4.90 Å². The van der Waals surface area contributed by atoms with Crippen LogP contribution in [0.1, 0.15) is 56.4 Å². The molecular formula is C24H29IN2. The van der Waals surface area contributed by atoms with Crippen LogP contribution in [0.3, 0.4) is 0 Å². The summed E-state index contributed by atoms with van der Waals surface area (Å²) in [6.07, 6.45) is 5.54. The fourth-order valence-electron chi connectivity index (χ4n) is 3.87. The second-order valence-electron chi connectivity index (χ2n) is 8.05. The van der Waals surface area contributed by atoms with Crippen molar-refractivity contribution in [3.63, 3.8) is 0 Å². The minimum atomic E-state index is 0.0495. The van der Waals surface area contributed by atoms with Crippen LogP contribution in [-0.4, -0.2) is 18.3 Å². The number of rotatable bonds is 4. The van der Waals surface area contributed by atoms with Crippen molar-refractivity contribution in [2.45, 2.75) is 53.5 Å². The third-order valence-electron chi connectivity index (χ3n) is 5.31. The van der Waals surface area contributed by atoms with Crippen molar-refractivity contribution < 1.29 is 0 Å². The Morgan fingerprint density at radius 1 is 1.07 bits per heavy atom. The predicted molar refractivity (Wildman–Crippen MR) is 128 cm³/mol. The highest BCUT2D eigenvalue weighted by Gasteiger charge is 2.30. The highest BCUT2D eigenvalue weighted by molar-refractivity contribution is 14.1.